The first kappa shape index (κ1) is 14.3. The van der Waals surface area contributed by atoms with Gasteiger partial charge in [-0.2, -0.15) is 11.8 Å². The van der Waals surface area contributed by atoms with E-state index in [0.717, 1.165) is 30.2 Å². The molecule has 1 aromatic rings. The average molecular weight is 274 g/mol. The number of rotatable bonds is 7. The number of anilines is 1. The van der Waals surface area contributed by atoms with Gasteiger partial charge in [-0.15, -0.1) is 0 Å². The highest BCUT2D eigenvalue weighted by molar-refractivity contribution is 7.99. The highest BCUT2D eigenvalue weighted by Crippen LogP contribution is 2.12. The van der Waals surface area contributed by atoms with Crippen LogP contribution in [0.4, 0.5) is 5.69 Å². The number of thioether (sulfide) groups is 1. The first-order valence-corrected chi connectivity index (χ1v) is 8.18. The van der Waals surface area contributed by atoms with E-state index in [1.165, 1.54) is 12.1 Å². The third-order valence-corrected chi connectivity index (χ3v) is 4.10. The molecule has 0 unspecified atom stereocenters. The number of hydrogen-bond acceptors (Lipinski definition) is 4. The summed E-state index contributed by atoms with van der Waals surface area (Å²) in [5.41, 5.74) is 0.916. The fourth-order valence-electron chi connectivity index (χ4n) is 1.31. The van der Waals surface area contributed by atoms with Crippen molar-refractivity contribution in [3.05, 3.63) is 24.3 Å². The lowest BCUT2D eigenvalue weighted by molar-refractivity contribution is 0.598. The zero-order valence-electron chi connectivity index (χ0n) is 9.85. The fourth-order valence-corrected chi connectivity index (χ4v) is 2.47. The molecule has 0 atom stereocenters. The van der Waals surface area contributed by atoms with Gasteiger partial charge in [-0.3, -0.25) is 0 Å². The molecule has 0 saturated heterocycles. The number of sulfonamides is 1. The van der Waals surface area contributed by atoms with Gasteiger partial charge in [0.05, 0.1) is 4.90 Å². The van der Waals surface area contributed by atoms with Crippen LogP contribution in [0.2, 0.25) is 0 Å². The first-order chi connectivity index (χ1) is 8.04. The van der Waals surface area contributed by atoms with Gasteiger partial charge in [0.2, 0.25) is 10.0 Å². The van der Waals surface area contributed by atoms with E-state index in [-0.39, 0.29) is 4.90 Å². The zero-order valence-corrected chi connectivity index (χ0v) is 11.5. The Morgan fingerprint density at radius 1 is 1.29 bits per heavy atom. The quantitative estimate of drug-likeness (QED) is 0.745. The van der Waals surface area contributed by atoms with Crippen molar-refractivity contribution < 1.29 is 8.42 Å². The average Bonchev–Trinajstić information content (AvgIpc) is 2.28. The molecule has 0 aliphatic carbocycles. The Morgan fingerprint density at radius 2 is 1.94 bits per heavy atom. The summed E-state index contributed by atoms with van der Waals surface area (Å²) < 4.78 is 22.1. The van der Waals surface area contributed by atoms with E-state index < -0.39 is 10.0 Å². The van der Waals surface area contributed by atoms with E-state index in [4.69, 9.17) is 5.14 Å². The Hall–Kier alpha value is -0.720. The van der Waals surface area contributed by atoms with Crippen LogP contribution in [0.5, 0.6) is 0 Å². The van der Waals surface area contributed by atoms with Crippen LogP contribution >= 0.6 is 11.8 Å². The molecule has 0 saturated carbocycles. The van der Waals surface area contributed by atoms with Gasteiger partial charge in [0.25, 0.3) is 0 Å². The van der Waals surface area contributed by atoms with Crippen molar-refractivity contribution in [2.75, 3.05) is 23.4 Å². The van der Waals surface area contributed by atoms with Crippen LogP contribution in [0.25, 0.3) is 0 Å². The minimum Gasteiger partial charge on any atom is -0.385 e. The number of nitrogens with one attached hydrogen (secondary N) is 1. The third kappa shape index (κ3) is 5.43. The Balaban J connectivity index is 2.41. The summed E-state index contributed by atoms with van der Waals surface area (Å²) in [5, 5.41) is 8.24. The molecule has 6 heteroatoms. The Labute approximate surface area is 107 Å². The molecule has 17 heavy (non-hydrogen) atoms. The van der Waals surface area contributed by atoms with Crippen LogP contribution < -0.4 is 10.5 Å². The molecular formula is C11H18N2O2S2. The molecule has 3 N–H and O–H groups in total. The van der Waals surface area contributed by atoms with Crippen molar-refractivity contribution in [3.63, 3.8) is 0 Å². The second-order valence-corrected chi connectivity index (χ2v) is 6.50. The van der Waals surface area contributed by atoms with E-state index >= 15 is 0 Å². The molecule has 0 fully saturated rings. The molecule has 96 valence electrons. The van der Waals surface area contributed by atoms with Crippen molar-refractivity contribution in [1.29, 1.82) is 0 Å². The van der Waals surface area contributed by atoms with Gasteiger partial charge >= 0.3 is 0 Å². The molecule has 0 aliphatic rings. The lowest BCUT2D eigenvalue weighted by atomic mass is 10.3. The summed E-state index contributed by atoms with van der Waals surface area (Å²) in [6, 6.07) is 6.48. The summed E-state index contributed by atoms with van der Waals surface area (Å²) in [5.74, 6) is 2.28. The van der Waals surface area contributed by atoms with Crippen LogP contribution in [0.1, 0.15) is 13.3 Å². The molecule has 0 heterocycles. The third-order valence-electron chi connectivity index (χ3n) is 2.18. The predicted octanol–water partition coefficient (Wildman–Crippen LogP) is 1.89. The maximum Gasteiger partial charge on any atom is 0.238 e. The largest absolute Gasteiger partial charge is 0.385 e. The number of benzene rings is 1. The Kier molecular flexibility index (Phi) is 5.80. The first-order valence-electron chi connectivity index (χ1n) is 5.48. The molecular weight excluding hydrogens is 256 g/mol. The van der Waals surface area contributed by atoms with Gasteiger partial charge in [0, 0.05) is 12.2 Å². The molecule has 1 aromatic carbocycles. The van der Waals surface area contributed by atoms with E-state index in [0.29, 0.717) is 0 Å². The Morgan fingerprint density at radius 3 is 2.47 bits per heavy atom. The molecule has 0 bridgehead atoms. The molecule has 0 spiro atoms. The number of nitrogens with two attached hydrogens (primary N) is 1. The van der Waals surface area contributed by atoms with Crippen LogP contribution in [0, 0.1) is 0 Å². The van der Waals surface area contributed by atoms with E-state index in [9.17, 15) is 8.42 Å². The van der Waals surface area contributed by atoms with Gasteiger partial charge in [-0.25, -0.2) is 13.6 Å². The van der Waals surface area contributed by atoms with Gasteiger partial charge in [0.1, 0.15) is 0 Å². The lowest BCUT2D eigenvalue weighted by Gasteiger charge is -2.06. The molecule has 1 rings (SSSR count). The van der Waals surface area contributed by atoms with Gasteiger partial charge in [-0.05, 0) is 42.2 Å². The number of hydrogen-bond donors (Lipinski definition) is 2. The zero-order chi connectivity index (χ0) is 12.7. The molecule has 0 aromatic heterocycles. The van der Waals surface area contributed by atoms with Crippen molar-refractivity contribution in [2.45, 2.75) is 18.2 Å². The van der Waals surface area contributed by atoms with Gasteiger partial charge in [0.15, 0.2) is 0 Å². The highest BCUT2D eigenvalue weighted by Gasteiger charge is 2.06. The standard InChI is InChI=1S/C11H18N2O2S2/c1-2-16-9-3-8-13-10-4-6-11(7-5-10)17(12,14)15/h4-7,13H,2-3,8-9H2,1H3,(H2,12,14,15). The second-order valence-electron chi connectivity index (χ2n) is 3.55. The van der Waals surface area contributed by atoms with E-state index in [2.05, 4.69) is 12.2 Å². The second kappa shape index (κ2) is 6.88. The van der Waals surface area contributed by atoms with E-state index in [1.54, 1.807) is 12.1 Å². The minimum atomic E-state index is -3.58. The van der Waals surface area contributed by atoms with Crippen LogP contribution in [0.15, 0.2) is 29.2 Å². The number of primary sulfonamides is 1. The van der Waals surface area contributed by atoms with Gasteiger partial charge in [-0.1, -0.05) is 6.92 Å². The monoisotopic (exact) mass is 274 g/mol. The highest BCUT2D eigenvalue weighted by atomic mass is 32.2. The Bertz CT molecular complexity index is 429. The lowest BCUT2D eigenvalue weighted by Crippen LogP contribution is -2.12. The molecule has 0 aliphatic heterocycles. The van der Waals surface area contributed by atoms with Crippen LogP contribution in [0.3, 0.4) is 0 Å². The minimum absolute atomic E-state index is 0.143. The molecule has 4 nitrogen and oxygen atoms in total. The maximum absolute atomic E-state index is 11.0. The van der Waals surface area contributed by atoms with Crippen LogP contribution in [-0.4, -0.2) is 26.5 Å². The van der Waals surface area contributed by atoms with Crippen molar-refractivity contribution in [1.82, 2.24) is 0 Å². The van der Waals surface area contributed by atoms with Crippen molar-refractivity contribution >= 4 is 27.5 Å². The topological polar surface area (TPSA) is 72.2 Å². The smallest absolute Gasteiger partial charge is 0.238 e. The van der Waals surface area contributed by atoms with Crippen LogP contribution in [-0.2, 0) is 10.0 Å². The maximum atomic E-state index is 11.0. The van der Waals surface area contributed by atoms with Gasteiger partial charge < -0.3 is 5.32 Å². The summed E-state index contributed by atoms with van der Waals surface area (Å²) in [4.78, 5) is 0.143. The van der Waals surface area contributed by atoms with E-state index in [1.807, 2.05) is 11.8 Å². The molecule has 0 amide bonds. The fraction of sp³-hybridized carbons (Fsp3) is 0.455. The summed E-state index contributed by atoms with van der Waals surface area (Å²) in [6.45, 7) is 3.03. The predicted molar refractivity (Wildman–Crippen MR) is 73.9 cm³/mol. The SMILES string of the molecule is CCSCCCNc1ccc(S(N)(=O)=O)cc1. The summed E-state index contributed by atoms with van der Waals surface area (Å²) in [6.07, 6.45) is 1.09. The van der Waals surface area contributed by atoms with Crippen molar-refractivity contribution in [3.8, 4) is 0 Å². The normalized spacial score (nSPS) is 11.4. The summed E-state index contributed by atoms with van der Waals surface area (Å²) in [7, 11) is -3.58. The molecule has 0 radical (unpaired) electrons. The summed E-state index contributed by atoms with van der Waals surface area (Å²) >= 11 is 1.91. The van der Waals surface area contributed by atoms with Crippen molar-refractivity contribution in [2.24, 2.45) is 5.14 Å².